The van der Waals surface area contributed by atoms with E-state index in [-0.39, 0.29) is 0 Å². The minimum absolute atomic E-state index is 0.534. The van der Waals surface area contributed by atoms with Crippen molar-refractivity contribution in [1.82, 2.24) is 9.71 Å². The maximum absolute atomic E-state index is 8.88. The molecule has 0 atom stereocenters. The highest BCUT2D eigenvalue weighted by molar-refractivity contribution is 4.95. The van der Waals surface area contributed by atoms with Crippen molar-refractivity contribution in [1.29, 1.82) is 0 Å². The molecule has 0 aliphatic heterocycles. The first-order chi connectivity index (χ1) is 4.34. The number of aromatic nitrogens is 2. The van der Waals surface area contributed by atoms with Crippen molar-refractivity contribution >= 4 is 0 Å². The van der Waals surface area contributed by atoms with E-state index in [1.165, 1.54) is 6.33 Å². The Labute approximate surface area is 52.9 Å². The topological polar surface area (TPSA) is 64.1 Å². The highest BCUT2D eigenvalue weighted by Gasteiger charge is 1.95. The Morgan fingerprint density at radius 2 is 2.56 bits per heavy atom. The van der Waals surface area contributed by atoms with Crippen molar-refractivity contribution in [3.63, 3.8) is 0 Å². The van der Waals surface area contributed by atoms with E-state index in [1.807, 2.05) is 0 Å². The molecule has 0 amide bonds. The fraction of sp³-hybridized carbons (Fsp3) is 0.400. The zero-order chi connectivity index (χ0) is 6.69. The molecule has 0 aromatic carbocycles. The van der Waals surface area contributed by atoms with Gasteiger partial charge < -0.3 is 10.9 Å². The number of nitrogens with zero attached hydrogens (tertiary/aromatic N) is 2. The Balaban J connectivity index is 2.69. The van der Waals surface area contributed by atoms with Crippen molar-refractivity contribution in [2.45, 2.75) is 6.42 Å². The van der Waals surface area contributed by atoms with Gasteiger partial charge in [0.1, 0.15) is 6.33 Å². The molecule has 1 rings (SSSR count). The normalized spacial score (nSPS) is 9.89. The standard InChI is InChI=1S/C5H9N3O/c6-2-1-5-3-7-4-8(5)9/h3-4,9H,1-2,6H2. The first-order valence-corrected chi connectivity index (χ1v) is 2.75. The van der Waals surface area contributed by atoms with Gasteiger partial charge in [0.2, 0.25) is 0 Å². The molecule has 3 N–H and O–H groups in total. The summed E-state index contributed by atoms with van der Waals surface area (Å²) < 4.78 is 0.979. The summed E-state index contributed by atoms with van der Waals surface area (Å²) in [5.41, 5.74) is 5.98. The summed E-state index contributed by atoms with van der Waals surface area (Å²) in [6, 6.07) is 0. The van der Waals surface area contributed by atoms with E-state index in [0.717, 1.165) is 10.4 Å². The fourth-order valence-corrected chi connectivity index (χ4v) is 0.643. The van der Waals surface area contributed by atoms with Crippen LogP contribution in [-0.4, -0.2) is 21.5 Å². The average molecular weight is 127 g/mol. The Bertz CT molecular complexity index is 184. The monoisotopic (exact) mass is 127 g/mol. The molecular weight excluding hydrogens is 118 g/mol. The van der Waals surface area contributed by atoms with E-state index in [1.54, 1.807) is 6.20 Å². The third kappa shape index (κ3) is 1.20. The number of nitrogens with two attached hydrogens (primary N) is 1. The van der Waals surface area contributed by atoms with Crippen LogP contribution in [0.25, 0.3) is 0 Å². The van der Waals surface area contributed by atoms with Crippen LogP contribution in [0.15, 0.2) is 12.5 Å². The predicted molar refractivity (Wildman–Crippen MR) is 32.2 cm³/mol. The molecule has 4 nitrogen and oxygen atoms in total. The summed E-state index contributed by atoms with van der Waals surface area (Å²) in [7, 11) is 0. The predicted octanol–water partition coefficient (Wildman–Crippen LogP) is -0.378. The number of imidazole rings is 1. The first kappa shape index (κ1) is 6.10. The van der Waals surface area contributed by atoms with Gasteiger partial charge >= 0.3 is 0 Å². The van der Waals surface area contributed by atoms with Gasteiger partial charge in [0.05, 0.1) is 11.9 Å². The molecule has 4 heteroatoms. The third-order valence-electron chi connectivity index (χ3n) is 1.09. The maximum Gasteiger partial charge on any atom is 0.131 e. The SMILES string of the molecule is NCCc1cncn1O. The molecule has 1 aromatic heterocycles. The van der Waals surface area contributed by atoms with Crippen LogP contribution in [0.4, 0.5) is 0 Å². The Kier molecular flexibility index (Phi) is 1.69. The molecule has 0 spiro atoms. The molecule has 0 saturated carbocycles. The zero-order valence-electron chi connectivity index (χ0n) is 4.99. The third-order valence-corrected chi connectivity index (χ3v) is 1.09. The van der Waals surface area contributed by atoms with Crippen LogP contribution in [-0.2, 0) is 6.42 Å². The smallest absolute Gasteiger partial charge is 0.131 e. The summed E-state index contributed by atoms with van der Waals surface area (Å²) >= 11 is 0. The molecule has 50 valence electrons. The Morgan fingerprint density at radius 3 is 3.00 bits per heavy atom. The molecule has 1 heterocycles. The largest absolute Gasteiger partial charge is 0.427 e. The molecule has 0 aliphatic rings. The second kappa shape index (κ2) is 2.50. The summed E-state index contributed by atoms with van der Waals surface area (Å²) in [6.07, 6.45) is 3.59. The summed E-state index contributed by atoms with van der Waals surface area (Å²) in [5.74, 6) is 0. The van der Waals surface area contributed by atoms with Crippen LogP contribution in [0.3, 0.4) is 0 Å². The second-order valence-corrected chi connectivity index (χ2v) is 1.77. The average Bonchev–Trinajstić information content (AvgIpc) is 2.18. The summed E-state index contributed by atoms with van der Waals surface area (Å²) in [5, 5.41) is 8.88. The number of hydrogen-bond acceptors (Lipinski definition) is 3. The van der Waals surface area contributed by atoms with Crippen LogP contribution >= 0.6 is 0 Å². The van der Waals surface area contributed by atoms with Gasteiger partial charge in [-0.25, -0.2) is 4.98 Å². The molecule has 0 saturated heterocycles. The fourth-order valence-electron chi connectivity index (χ4n) is 0.643. The van der Waals surface area contributed by atoms with Crippen molar-refractivity contribution in [3.05, 3.63) is 18.2 Å². The van der Waals surface area contributed by atoms with Gasteiger partial charge in [0, 0.05) is 6.42 Å². The van der Waals surface area contributed by atoms with Crippen LogP contribution in [0.1, 0.15) is 5.69 Å². The molecule has 0 radical (unpaired) electrons. The molecule has 0 unspecified atom stereocenters. The quantitative estimate of drug-likeness (QED) is 0.532. The molecule has 0 fully saturated rings. The Hall–Kier alpha value is -1.03. The van der Waals surface area contributed by atoms with Crippen LogP contribution in [0, 0.1) is 0 Å². The highest BCUT2D eigenvalue weighted by atomic mass is 16.5. The maximum atomic E-state index is 8.88. The zero-order valence-corrected chi connectivity index (χ0v) is 4.99. The highest BCUT2D eigenvalue weighted by Crippen LogP contribution is 1.93. The van der Waals surface area contributed by atoms with E-state index in [2.05, 4.69) is 4.98 Å². The summed E-state index contributed by atoms with van der Waals surface area (Å²) in [6.45, 7) is 0.534. The molecular formula is C5H9N3O. The van der Waals surface area contributed by atoms with Crippen LogP contribution in [0.5, 0.6) is 0 Å². The van der Waals surface area contributed by atoms with Crippen molar-refractivity contribution in [2.24, 2.45) is 5.73 Å². The lowest BCUT2D eigenvalue weighted by Gasteiger charge is -1.94. The van der Waals surface area contributed by atoms with Gasteiger partial charge in [0.25, 0.3) is 0 Å². The van der Waals surface area contributed by atoms with E-state index >= 15 is 0 Å². The lowest BCUT2D eigenvalue weighted by Crippen LogP contribution is -2.06. The molecule has 0 aliphatic carbocycles. The van der Waals surface area contributed by atoms with Gasteiger partial charge in [-0.1, -0.05) is 0 Å². The van der Waals surface area contributed by atoms with E-state index in [9.17, 15) is 0 Å². The van der Waals surface area contributed by atoms with E-state index in [0.29, 0.717) is 13.0 Å². The minimum Gasteiger partial charge on any atom is -0.427 e. The second-order valence-electron chi connectivity index (χ2n) is 1.77. The van der Waals surface area contributed by atoms with Gasteiger partial charge in [-0.3, -0.25) is 0 Å². The van der Waals surface area contributed by atoms with Crippen LogP contribution in [0.2, 0.25) is 0 Å². The minimum atomic E-state index is 0.534. The van der Waals surface area contributed by atoms with E-state index < -0.39 is 0 Å². The van der Waals surface area contributed by atoms with Gasteiger partial charge in [-0.2, -0.15) is 4.73 Å². The van der Waals surface area contributed by atoms with Crippen molar-refractivity contribution in [2.75, 3.05) is 6.54 Å². The number of rotatable bonds is 2. The molecule has 1 aromatic rings. The molecule has 0 bridgehead atoms. The first-order valence-electron chi connectivity index (χ1n) is 2.75. The lowest BCUT2D eigenvalue weighted by molar-refractivity contribution is 0.177. The van der Waals surface area contributed by atoms with Crippen molar-refractivity contribution in [3.8, 4) is 0 Å². The Morgan fingerprint density at radius 1 is 1.78 bits per heavy atom. The summed E-state index contributed by atoms with van der Waals surface area (Å²) in [4.78, 5) is 3.70. The van der Waals surface area contributed by atoms with Gasteiger partial charge in [0.15, 0.2) is 0 Å². The number of hydrogen-bond donors (Lipinski definition) is 2. The molecule has 9 heavy (non-hydrogen) atoms. The lowest BCUT2D eigenvalue weighted by atomic mass is 10.3. The van der Waals surface area contributed by atoms with Gasteiger partial charge in [-0.15, -0.1) is 0 Å². The van der Waals surface area contributed by atoms with Crippen LogP contribution < -0.4 is 5.73 Å². The van der Waals surface area contributed by atoms with E-state index in [4.69, 9.17) is 10.9 Å². The van der Waals surface area contributed by atoms with Crippen molar-refractivity contribution < 1.29 is 5.21 Å². The van der Waals surface area contributed by atoms with Gasteiger partial charge in [-0.05, 0) is 6.54 Å².